The van der Waals surface area contributed by atoms with Gasteiger partial charge in [0.1, 0.15) is 0 Å². The fraction of sp³-hybridized carbons (Fsp3) is 0.364. The first-order valence-corrected chi connectivity index (χ1v) is 5.45. The van der Waals surface area contributed by atoms with Gasteiger partial charge >= 0.3 is 0 Å². The van der Waals surface area contributed by atoms with Crippen LogP contribution >= 0.6 is 24.8 Å². The molecule has 0 aliphatic carbocycles. The zero-order valence-electron chi connectivity index (χ0n) is 10.6. The van der Waals surface area contributed by atoms with E-state index in [0.29, 0.717) is 5.82 Å². The highest BCUT2D eigenvalue weighted by molar-refractivity contribution is 5.85. The monoisotopic (exact) mass is 305 g/mol. The van der Waals surface area contributed by atoms with Crippen LogP contribution in [-0.4, -0.2) is 26.5 Å². The lowest BCUT2D eigenvalue weighted by Gasteiger charge is -2.13. The topological polar surface area (TPSA) is 85.3 Å². The number of nitrogens with zero attached hydrogens (tertiary/aromatic N) is 3. The molecule has 106 valence electrons. The van der Waals surface area contributed by atoms with E-state index in [4.69, 9.17) is 5.73 Å². The fourth-order valence-electron chi connectivity index (χ4n) is 1.56. The Balaban J connectivity index is 0.00000162. The first-order chi connectivity index (χ1) is 8.09. The summed E-state index contributed by atoms with van der Waals surface area (Å²) >= 11 is 0. The number of halogens is 2. The highest BCUT2D eigenvalue weighted by Crippen LogP contribution is 2.11. The van der Waals surface area contributed by atoms with E-state index >= 15 is 0 Å². The van der Waals surface area contributed by atoms with Crippen molar-refractivity contribution >= 4 is 36.4 Å². The van der Waals surface area contributed by atoms with Gasteiger partial charge in [-0.1, -0.05) is 6.07 Å². The van der Waals surface area contributed by atoms with Crippen molar-refractivity contribution in [2.24, 2.45) is 5.73 Å². The smallest absolute Gasteiger partial charge is 0.237 e. The van der Waals surface area contributed by atoms with Crippen LogP contribution in [-0.2, 0) is 4.79 Å². The molecule has 19 heavy (non-hydrogen) atoms. The largest absolute Gasteiger partial charge is 0.345 e. The number of pyridine rings is 1. The highest BCUT2D eigenvalue weighted by atomic mass is 35.5. The van der Waals surface area contributed by atoms with Crippen molar-refractivity contribution in [2.75, 3.05) is 0 Å². The second kappa shape index (κ2) is 7.28. The molecule has 0 aromatic carbocycles. The number of carbonyl (C=O) groups is 1. The molecule has 0 saturated heterocycles. The summed E-state index contributed by atoms with van der Waals surface area (Å²) in [5.41, 5.74) is 6.25. The molecule has 3 N–H and O–H groups in total. The van der Waals surface area contributed by atoms with Crippen molar-refractivity contribution < 1.29 is 4.79 Å². The standard InChI is InChI=1S/C11H15N5O.2ClH/c1-7(12)11(17)13-8(2)10-15-14-9-5-3-4-6-16(9)10;;/h3-8H,12H2,1-2H3,(H,13,17);2*1H. The lowest BCUT2D eigenvalue weighted by atomic mass is 10.2. The highest BCUT2D eigenvalue weighted by Gasteiger charge is 2.17. The van der Waals surface area contributed by atoms with Gasteiger partial charge in [0, 0.05) is 6.20 Å². The maximum absolute atomic E-state index is 11.5. The molecule has 0 saturated carbocycles. The number of fused-ring (bicyclic) bond motifs is 1. The number of nitrogens with two attached hydrogens (primary N) is 1. The Bertz CT molecular complexity index is 543. The molecule has 6 nitrogen and oxygen atoms in total. The van der Waals surface area contributed by atoms with Gasteiger partial charge in [-0.25, -0.2) is 0 Å². The van der Waals surface area contributed by atoms with Gasteiger partial charge in [0.25, 0.3) is 0 Å². The predicted molar refractivity (Wildman–Crippen MR) is 77.7 cm³/mol. The Hall–Kier alpha value is -1.37. The Morgan fingerprint density at radius 3 is 2.63 bits per heavy atom. The number of rotatable bonds is 3. The van der Waals surface area contributed by atoms with Crippen LogP contribution < -0.4 is 11.1 Å². The van der Waals surface area contributed by atoms with Gasteiger partial charge in [-0.05, 0) is 26.0 Å². The summed E-state index contributed by atoms with van der Waals surface area (Å²) in [6, 6.07) is 4.87. The first kappa shape index (κ1) is 17.6. The average Bonchev–Trinajstić information content (AvgIpc) is 2.72. The molecular formula is C11H17Cl2N5O. The molecule has 2 rings (SSSR count). The summed E-state index contributed by atoms with van der Waals surface area (Å²) in [4.78, 5) is 11.5. The average molecular weight is 306 g/mol. The minimum Gasteiger partial charge on any atom is -0.345 e. The predicted octanol–water partition coefficient (Wildman–Crippen LogP) is 1.10. The second-order valence-corrected chi connectivity index (χ2v) is 4.01. The third kappa shape index (κ3) is 3.79. The molecule has 2 unspecified atom stereocenters. The minimum atomic E-state index is -0.531. The zero-order chi connectivity index (χ0) is 12.4. The number of hydrogen-bond acceptors (Lipinski definition) is 4. The van der Waals surface area contributed by atoms with Crippen LogP contribution in [0, 0.1) is 0 Å². The van der Waals surface area contributed by atoms with Crippen molar-refractivity contribution in [2.45, 2.75) is 25.9 Å². The normalized spacial score (nSPS) is 13.0. The van der Waals surface area contributed by atoms with Crippen molar-refractivity contribution in [1.82, 2.24) is 19.9 Å². The molecule has 0 aliphatic heterocycles. The Morgan fingerprint density at radius 1 is 1.32 bits per heavy atom. The van der Waals surface area contributed by atoms with Crippen LogP contribution in [0.5, 0.6) is 0 Å². The quantitative estimate of drug-likeness (QED) is 0.889. The van der Waals surface area contributed by atoms with E-state index < -0.39 is 6.04 Å². The Labute approximate surface area is 123 Å². The number of hydrogen-bond donors (Lipinski definition) is 2. The summed E-state index contributed by atoms with van der Waals surface area (Å²) < 4.78 is 1.84. The third-order valence-corrected chi connectivity index (χ3v) is 2.50. The molecule has 0 radical (unpaired) electrons. The minimum absolute atomic E-state index is 0. The van der Waals surface area contributed by atoms with Gasteiger partial charge in [-0.2, -0.15) is 0 Å². The van der Waals surface area contributed by atoms with Gasteiger partial charge in [0.05, 0.1) is 12.1 Å². The van der Waals surface area contributed by atoms with Crippen LogP contribution in [0.3, 0.4) is 0 Å². The fourth-order valence-corrected chi connectivity index (χ4v) is 1.56. The van der Waals surface area contributed by atoms with Crippen molar-refractivity contribution in [3.05, 3.63) is 30.2 Å². The maximum atomic E-state index is 11.5. The number of nitrogens with one attached hydrogen (secondary N) is 1. The second-order valence-electron chi connectivity index (χ2n) is 4.01. The maximum Gasteiger partial charge on any atom is 0.237 e. The molecule has 0 bridgehead atoms. The summed E-state index contributed by atoms with van der Waals surface area (Å²) in [5, 5.41) is 10.9. The summed E-state index contributed by atoms with van der Waals surface area (Å²) in [5.74, 6) is 0.486. The molecular weight excluding hydrogens is 289 g/mol. The van der Waals surface area contributed by atoms with Crippen LogP contribution in [0.4, 0.5) is 0 Å². The first-order valence-electron chi connectivity index (χ1n) is 5.45. The SMILES string of the molecule is CC(N)C(=O)NC(C)c1nnc2ccccn12.Cl.Cl. The lowest BCUT2D eigenvalue weighted by molar-refractivity contribution is -0.122. The number of aromatic nitrogens is 3. The summed E-state index contributed by atoms with van der Waals surface area (Å²) in [7, 11) is 0. The van der Waals surface area contributed by atoms with E-state index in [2.05, 4.69) is 15.5 Å². The van der Waals surface area contributed by atoms with E-state index in [9.17, 15) is 4.79 Å². The van der Waals surface area contributed by atoms with E-state index in [-0.39, 0.29) is 36.8 Å². The third-order valence-electron chi connectivity index (χ3n) is 2.50. The van der Waals surface area contributed by atoms with Crippen LogP contribution in [0.15, 0.2) is 24.4 Å². The van der Waals surface area contributed by atoms with Crippen LogP contribution in [0.1, 0.15) is 25.7 Å². The van der Waals surface area contributed by atoms with Gasteiger partial charge in [0.2, 0.25) is 5.91 Å². The molecule has 2 aromatic rings. The lowest BCUT2D eigenvalue weighted by Crippen LogP contribution is -2.39. The van der Waals surface area contributed by atoms with E-state index in [1.807, 2.05) is 35.7 Å². The van der Waals surface area contributed by atoms with E-state index in [0.717, 1.165) is 5.65 Å². The zero-order valence-corrected chi connectivity index (χ0v) is 12.2. The van der Waals surface area contributed by atoms with Gasteiger partial charge < -0.3 is 11.1 Å². The summed E-state index contributed by atoms with van der Waals surface area (Å²) in [6.45, 7) is 3.49. The molecule has 2 atom stereocenters. The molecule has 2 heterocycles. The molecule has 2 aromatic heterocycles. The molecule has 0 spiro atoms. The molecule has 0 aliphatic rings. The Kier molecular flexibility index (Phi) is 6.75. The number of carbonyl (C=O) groups excluding carboxylic acids is 1. The van der Waals surface area contributed by atoms with Gasteiger partial charge in [-0.15, -0.1) is 35.0 Å². The van der Waals surface area contributed by atoms with Crippen LogP contribution in [0.2, 0.25) is 0 Å². The Morgan fingerprint density at radius 2 is 2.00 bits per heavy atom. The van der Waals surface area contributed by atoms with Crippen LogP contribution in [0.25, 0.3) is 5.65 Å². The van der Waals surface area contributed by atoms with Crippen molar-refractivity contribution in [1.29, 1.82) is 0 Å². The van der Waals surface area contributed by atoms with Gasteiger partial charge in [0.15, 0.2) is 11.5 Å². The summed E-state index contributed by atoms with van der Waals surface area (Å²) in [6.07, 6.45) is 1.86. The molecule has 8 heteroatoms. The van der Waals surface area contributed by atoms with Crippen molar-refractivity contribution in [3.8, 4) is 0 Å². The van der Waals surface area contributed by atoms with Gasteiger partial charge in [-0.3, -0.25) is 9.20 Å². The van der Waals surface area contributed by atoms with Crippen molar-refractivity contribution in [3.63, 3.8) is 0 Å². The van der Waals surface area contributed by atoms with E-state index in [1.165, 1.54) is 0 Å². The van der Waals surface area contributed by atoms with E-state index in [1.54, 1.807) is 6.92 Å². The number of amides is 1. The molecule has 1 amide bonds. The molecule has 0 fully saturated rings.